The maximum Gasteiger partial charge on any atom is 0.0480 e. The van der Waals surface area contributed by atoms with Gasteiger partial charge in [-0.2, -0.15) is 0 Å². The van der Waals surface area contributed by atoms with E-state index in [4.69, 9.17) is 4.74 Å². The summed E-state index contributed by atoms with van der Waals surface area (Å²) in [6.45, 7) is 10.9. The van der Waals surface area contributed by atoms with E-state index < -0.39 is 0 Å². The van der Waals surface area contributed by atoms with Gasteiger partial charge in [-0.05, 0) is 79.4 Å². The third kappa shape index (κ3) is 8.61. The first-order valence-corrected chi connectivity index (χ1v) is 8.02. The second kappa shape index (κ2) is 8.93. The minimum atomic E-state index is 0.254. The largest absolute Gasteiger partial charge is 0.381 e. The van der Waals surface area contributed by atoms with E-state index in [1.165, 1.54) is 45.1 Å². The topological polar surface area (TPSA) is 24.5 Å². The summed E-state index contributed by atoms with van der Waals surface area (Å²) >= 11 is 0. The summed E-state index contributed by atoms with van der Waals surface area (Å²) in [5.74, 6) is 0. The van der Waals surface area contributed by atoms with Crippen molar-refractivity contribution in [3.05, 3.63) is 0 Å². The molecule has 3 heteroatoms. The SMILES string of the molecule is CN1CCCC1CCOCCCCCNC(C)(C)C. The summed E-state index contributed by atoms with van der Waals surface area (Å²) in [5.41, 5.74) is 0.254. The molecule has 3 nitrogen and oxygen atoms in total. The average molecular weight is 270 g/mol. The lowest BCUT2D eigenvalue weighted by Gasteiger charge is -2.20. The van der Waals surface area contributed by atoms with Crippen LogP contribution in [0.5, 0.6) is 0 Å². The lowest BCUT2D eigenvalue weighted by molar-refractivity contribution is 0.110. The molecule has 0 aliphatic carbocycles. The van der Waals surface area contributed by atoms with Gasteiger partial charge in [-0.25, -0.2) is 0 Å². The molecule has 0 aromatic heterocycles. The molecule has 1 aliphatic rings. The third-order valence-electron chi connectivity index (χ3n) is 3.89. The zero-order valence-corrected chi connectivity index (χ0v) is 13.5. The minimum Gasteiger partial charge on any atom is -0.381 e. The molecule has 19 heavy (non-hydrogen) atoms. The molecule has 0 aromatic rings. The number of unbranched alkanes of at least 4 members (excludes halogenated alkanes) is 2. The Hall–Kier alpha value is -0.120. The van der Waals surface area contributed by atoms with Crippen LogP contribution in [-0.2, 0) is 4.74 Å². The monoisotopic (exact) mass is 270 g/mol. The highest BCUT2D eigenvalue weighted by Crippen LogP contribution is 2.17. The first kappa shape index (κ1) is 16.9. The molecule has 1 aliphatic heterocycles. The Bertz CT molecular complexity index is 225. The van der Waals surface area contributed by atoms with Crippen LogP contribution in [0.1, 0.15) is 59.3 Å². The molecular weight excluding hydrogens is 236 g/mol. The summed E-state index contributed by atoms with van der Waals surface area (Å²) in [5, 5.41) is 3.52. The summed E-state index contributed by atoms with van der Waals surface area (Å²) in [6.07, 6.45) is 7.66. The van der Waals surface area contributed by atoms with Gasteiger partial charge in [-0.1, -0.05) is 0 Å². The van der Waals surface area contributed by atoms with Gasteiger partial charge in [-0.15, -0.1) is 0 Å². The van der Waals surface area contributed by atoms with Crippen LogP contribution in [0.4, 0.5) is 0 Å². The molecule has 1 rings (SSSR count). The van der Waals surface area contributed by atoms with E-state index >= 15 is 0 Å². The molecule has 0 amide bonds. The van der Waals surface area contributed by atoms with Crippen LogP contribution < -0.4 is 5.32 Å². The Labute approximate surface area is 120 Å². The molecule has 0 bridgehead atoms. The highest BCUT2D eigenvalue weighted by molar-refractivity contribution is 4.75. The predicted molar refractivity (Wildman–Crippen MR) is 82.7 cm³/mol. The van der Waals surface area contributed by atoms with Gasteiger partial charge >= 0.3 is 0 Å². The smallest absolute Gasteiger partial charge is 0.0480 e. The Morgan fingerprint density at radius 3 is 2.58 bits per heavy atom. The molecule has 0 aromatic carbocycles. The standard InChI is InChI=1S/C16H34N2O/c1-16(2,3)17-11-6-5-7-13-19-14-10-15-9-8-12-18(15)4/h15,17H,5-14H2,1-4H3. The van der Waals surface area contributed by atoms with E-state index in [0.717, 1.165) is 25.8 Å². The number of likely N-dealkylation sites (tertiary alicyclic amines) is 1. The second-order valence-electron chi connectivity index (χ2n) is 6.92. The van der Waals surface area contributed by atoms with Gasteiger partial charge in [0, 0.05) is 24.8 Å². The zero-order chi connectivity index (χ0) is 14.1. The minimum absolute atomic E-state index is 0.254. The van der Waals surface area contributed by atoms with Crippen molar-refractivity contribution in [3.8, 4) is 0 Å². The molecule has 1 unspecified atom stereocenters. The fraction of sp³-hybridized carbons (Fsp3) is 1.00. The molecule has 1 atom stereocenters. The molecule has 0 spiro atoms. The van der Waals surface area contributed by atoms with Crippen molar-refractivity contribution >= 4 is 0 Å². The summed E-state index contributed by atoms with van der Waals surface area (Å²) < 4.78 is 5.74. The van der Waals surface area contributed by atoms with Crippen LogP contribution in [0.3, 0.4) is 0 Å². The molecule has 1 fully saturated rings. The predicted octanol–water partition coefficient (Wildman–Crippen LogP) is 3.05. The van der Waals surface area contributed by atoms with Crippen molar-refractivity contribution in [1.82, 2.24) is 10.2 Å². The Morgan fingerprint density at radius 2 is 1.95 bits per heavy atom. The van der Waals surface area contributed by atoms with Crippen molar-refractivity contribution in [3.63, 3.8) is 0 Å². The third-order valence-corrected chi connectivity index (χ3v) is 3.89. The lowest BCUT2D eigenvalue weighted by Crippen LogP contribution is -2.36. The summed E-state index contributed by atoms with van der Waals surface area (Å²) in [7, 11) is 2.24. The lowest BCUT2D eigenvalue weighted by atomic mass is 10.1. The number of nitrogens with zero attached hydrogens (tertiary/aromatic N) is 1. The quantitative estimate of drug-likeness (QED) is 0.652. The number of rotatable bonds is 9. The molecule has 1 N–H and O–H groups in total. The van der Waals surface area contributed by atoms with Gasteiger partial charge in [-0.3, -0.25) is 0 Å². The van der Waals surface area contributed by atoms with Crippen LogP contribution in [0.25, 0.3) is 0 Å². The van der Waals surface area contributed by atoms with Gasteiger partial charge in [0.15, 0.2) is 0 Å². The summed E-state index contributed by atoms with van der Waals surface area (Å²) in [4.78, 5) is 2.47. The van der Waals surface area contributed by atoms with Gasteiger partial charge in [0.1, 0.15) is 0 Å². The fourth-order valence-corrected chi connectivity index (χ4v) is 2.63. The van der Waals surface area contributed by atoms with Crippen molar-refractivity contribution in [2.45, 2.75) is 70.9 Å². The highest BCUT2D eigenvalue weighted by atomic mass is 16.5. The molecule has 1 saturated heterocycles. The van der Waals surface area contributed by atoms with Crippen molar-refractivity contribution < 1.29 is 4.74 Å². The van der Waals surface area contributed by atoms with E-state index in [1.807, 2.05) is 0 Å². The normalized spacial score (nSPS) is 21.2. The van der Waals surface area contributed by atoms with Crippen molar-refractivity contribution in [2.75, 3.05) is 33.4 Å². The van der Waals surface area contributed by atoms with E-state index in [2.05, 4.69) is 38.0 Å². The zero-order valence-electron chi connectivity index (χ0n) is 13.5. The maximum absolute atomic E-state index is 5.74. The fourth-order valence-electron chi connectivity index (χ4n) is 2.63. The highest BCUT2D eigenvalue weighted by Gasteiger charge is 2.19. The number of hydrogen-bond acceptors (Lipinski definition) is 3. The molecule has 0 radical (unpaired) electrons. The van der Waals surface area contributed by atoms with Gasteiger partial charge < -0.3 is 15.0 Å². The average Bonchev–Trinajstić information content (AvgIpc) is 2.71. The van der Waals surface area contributed by atoms with E-state index in [0.29, 0.717) is 0 Å². The van der Waals surface area contributed by atoms with Crippen LogP contribution in [0, 0.1) is 0 Å². The first-order valence-electron chi connectivity index (χ1n) is 8.02. The molecule has 114 valence electrons. The Kier molecular flexibility index (Phi) is 7.96. The van der Waals surface area contributed by atoms with Crippen molar-refractivity contribution in [1.29, 1.82) is 0 Å². The Balaban J connectivity index is 1.81. The van der Waals surface area contributed by atoms with Crippen LogP contribution >= 0.6 is 0 Å². The number of nitrogens with one attached hydrogen (secondary N) is 1. The van der Waals surface area contributed by atoms with E-state index in [-0.39, 0.29) is 5.54 Å². The Morgan fingerprint density at radius 1 is 1.16 bits per heavy atom. The first-order chi connectivity index (χ1) is 8.99. The van der Waals surface area contributed by atoms with Crippen LogP contribution in [-0.4, -0.2) is 49.8 Å². The van der Waals surface area contributed by atoms with Crippen molar-refractivity contribution in [2.24, 2.45) is 0 Å². The molecule has 0 saturated carbocycles. The van der Waals surface area contributed by atoms with Crippen LogP contribution in [0.15, 0.2) is 0 Å². The maximum atomic E-state index is 5.74. The molecule has 1 heterocycles. The van der Waals surface area contributed by atoms with Gasteiger partial charge in [0.2, 0.25) is 0 Å². The van der Waals surface area contributed by atoms with E-state index in [9.17, 15) is 0 Å². The van der Waals surface area contributed by atoms with Crippen LogP contribution in [0.2, 0.25) is 0 Å². The number of ether oxygens (including phenoxy) is 1. The van der Waals surface area contributed by atoms with Gasteiger partial charge in [0.05, 0.1) is 0 Å². The molecular formula is C16H34N2O. The summed E-state index contributed by atoms with van der Waals surface area (Å²) in [6, 6.07) is 0.774. The van der Waals surface area contributed by atoms with E-state index in [1.54, 1.807) is 0 Å². The number of hydrogen-bond donors (Lipinski definition) is 1. The second-order valence-corrected chi connectivity index (χ2v) is 6.92. The van der Waals surface area contributed by atoms with Gasteiger partial charge in [0.25, 0.3) is 0 Å².